The van der Waals surface area contributed by atoms with Gasteiger partial charge in [0.15, 0.2) is 5.54 Å². The molecule has 30 heavy (non-hydrogen) atoms. The molecule has 7 nitrogen and oxygen atoms in total. The topological polar surface area (TPSA) is 91.9 Å². The van der Waals surface area contributed by atoms with Gasteiger partial charge in [-0.2, -0.15) is 0 Å². The summed E-state index contributed by atoms with van der Waals surface area (Å²) in [7, 11) is 1.62. The van der Waals surface area contributed by atoms with Crippen LogP contribution < -0.4 is 10.5 Å². The second-order valence-electron chi connectivity index (χ2n) is 6.98. The average Bonchev–Trinajstić information content (AvgIpc) is 3.17. The van der Waals surface area contributed by atoms with Crippen LogP contribution in [0.15, 0.2) is 60.1 Å². The minimum absolute atomic E-state index is 0.151. The quantitative estimate of drug-likeness (QED) is 0.668. The number of fused-ring (bicyclic) bond motifs is 4. The molecule has 0 amide bonds. The Morgan fingerprint density at radius 1 is 1.07 bits per heavy atom. The van der Waals surface area contributed by atoms with E-state index in [1.54, 1.807) is 19.5 Å². The number of methoxy groups -OCH3 is 1. The van der Waals surface area contributed by atoms with Crippen LogP contribution in [0, 0.1) is 11.8 Å². The molecule has 5 rings (SSSR count). The summed E-state index contributed by atoms with van der Waals surface area (Å²) in [6.07, 6.45) is 5.04. The van der Waals surface area contributed by atoms with E-state index >= 15 is 0 Å². The van der Waals surface area contributed by atoms with Gasteiger partial charge in [-0.3, -0.25) is 0 Å². The maximum absolute atomic E-state index is 6.20. The van der Waals surface area contributed by atoms with Crippen molar-refractivity contribution in [2.75, 3.05) is 20.3 Å². The molecule has 0 unspecified atom stereocenters. The smallest absolute Gasteiger partial charge is 0.283 e. The summed E-state index contributed by atoms with van der Waals surface area (Å²) in [5.74, 6) is 7.50. The summed E-state index contributed by atoms with van der Waals surface area (Å²) < 4.78 is 16.9. The van der Waals surface area contributed by atoms with Crippen LogP contribution in [0.25, 0.3) is 11.1 Å². The number of nitrogens with two attached hydrogens (primary N) is 1. The predicted molar refractivity (Wildman–Crippen MR) is 111 cm³/mol. The Hall–Kier alpha value is -3.89. The van der Waals surface area contributed by atoms with Crippen molar-refractivity contribution in [3.63, 3.8) is 0 Å². The fraction of sp³-hybridized carbons (Fsp3) is 0.174. The van der Waals surface area contributed by atoms with Crippen molar-refractivity contribution in [1.82, 2.24) is 9.97 Å². The summed E-state index contributed by atoms with van der Waals surface area (Å²) >= 11 is 0. The first-order chi connectivity index (χ1) is 14.7. The Balaban J connectivity index is 1.68. The molecule has 7 heteroatoms. The van der Waals surface area contributed by atoms with Crippen molar-refractivity contribution in [3.05, 3.63) is 71.8 Å². The molecule has 0 aliphatic carbocycles. The van der Waals surface area contributed by atoms with E-state index in [4.69, 9.17) is 24.9 Å². The molecule has 0 saturated carbocycles. The van der Waals surface area contributed by atoms with Crippen LogP contribution in [0.5, 0.6) is 11.5 Å². The highest BCUT2D eigenvalue weighted by molar-refractivity contribution is 5.78. The Labute approximate surface area is 173 Å². The molecule has 2 N–H and O–H groups in total. The van der Waals surface area contributed by atoms with Gasteiger partial charge in [-0.1, -0.05) is 17.9 Å². The molecular formula is C23H18N4O3. The summed E-state index contributed by atoms with van der Waals surface area (Å²) in [4.78, 5) is 13.0. The minimum Gasteiger partial charge on any atom is -0.462 e. The highest BCUT2D eigenvalue weighted by Gasteiger charge is 2.47. The Morgan fingerprint density at radius 3 is 2.57 bits per heavy atom. The Morgan fingerprint density at radius 2 is 1.83 bits per heavy atom. The van der Waals surface area contributed by atoms with Crippen molar-refractivity contribution < 1.29 is 14.2 Å². The average molecular weight is 398 g/mol. The number of ether oxygens (including phenoxy) is 3. The molecule has 148 valence electrons. The number of hydrogen-bond donors (Lipinski definition) is 1. The largest absolute Gasteiger partial charge is 0.462 e. The molecule has 2 aliphatic rings. The molecule has 2 aromatic carbocycles. The van der Waals surface area contributed by atoms with Crippen molar-refractivity contribution in [2.24, 2.45) is 10.7 Å². The Kier molecular flexibility index (Phi) is 4.34. The lowest BCUT2D eigenvalue weighted by Crippen LogP contribution is -2.31. The fourth-order valence-corrected chi connectivity index (χ4v) is 3.77. The molecule has 3 heterocycles. The number of hydrogen-bond acceptors (Lipinski definition) is 7. The zero-order chi connectivity index (χ0) is 20.6. The van der Waals surface area contributed by atoms with Gasteiger partial charge in [0.05, 0.1) is 0 Å². The van der Waals surface area contributed by atoms with Crippen molar-refractivity contribution in [2.45, 2.75) is 5.54 Å². The van der Waals surface area contributed by atoms with Gasteiger partial charge >= 0.3 is 0 Å². The van der Waals surface area contributed by atoms with Gasteiger partial charge < -0.3 is 19.9 Å². The molecule has 0 saturated heterocycles. The van der Waals surface area contributed by atoms with E-state index in [0.29, 0.717) is 18.1 Å². The minimum atomic E-state index is -0.808. The molecule has 1 aromatic heterocycles. The number of benzene rings is 2. The van der Waals surface area contributed by atoms with Gasteiger partial charge in [0.2, 0.25) is 0 Å². The van der Waals surface area contributed by atoms with E-state index in [1.807, 2.05) is 36.4 Å². The lowest BCUT2D eigenvalue weighted by molar-refractivity contribution is 0.240. The lowest BCUT2D eigenvalue weighted by Gasteiger charge is -2.33. The third kappa shape index (κ3) is 2.95. The van der Waals surface area contributed by atoms with Gasteiger partial charge in [-0.05, 0) is 35.9 Å². The summed E-state index contributed by atoms with van der Waals surface area (Å²) in [5, 5.41) is 0. The molecule has 0 radical (unpaired) electrons. The van der Waals surface area contributed by atoms with Gasteiger partial charge in [-0.15, -0.1) is 0 Å². The van der Waals surface area contributed by atoms with Gasteiger partial charge in [-0.25, -0.2) is 15.0 Å². The summed E-state index contributed by atoms with van der Waals surface area (Å²) in [5.41, 5.74) is 9.58. The van der Waals surface area contributed by atoms with Crippen molar-refractivity contribution >= 4 is 6.02 Å². The van der Waals surface area contributed by atoms with E-state index in [9.17, 15) is 0 Å². The van der Waals surface area contributed by atoms with Crippen LogP contribution in [0.2, 0.25) is 0 Å². The van der Waals surface area contributed by atoms with Gasteiger partial charge in [0, 0.05) is 41.8 Å². The van der Waals surface area contributed by atoms with Crippen LogP contribution in [-0.2, 0) is 15.0 Å². The Bertz CT molecular complexity index is 1210. The second kappa shape index (κ2) is 7.17. The third-order valence-corrected chi connectivity index (χ3v) is 5.14. The standard InChI is InChI=1S/C23H18N4O3/c1-28-8-2-3-15-4-6-20-18(9-15)23(13-29-22(24)27-23)19-10-16(5-7-21(19)30-20)17-11-25-14-26-12-17/h4-7,9-12,14H,8,13H2,1H3,(H2,24,27)/t23-/m0/s1. The van der Waals surface area contributed by atoms with Crippen LogP contribution in [0.4, 0.5) is 0 Å². The lowest BCUT2D eigenvalue weighted by atomic mass is 9.80. The van der Waals surface area contributed by atoms with E-state index in [2.05, 4.69) is 21.8 Å². The normalized spacial score (nSPS) is 18.4. The van der Waals surface area contributed by atoms with Crippen LogP contribution in [-0.4, -0.2) is 36.3 Å². The highest BCUT2D eigenvalue weighted by Crippen LogP contribution is 2.51. The monoisotopic (exact) mass is 398 g/mol. The van der Waals surface area contributed by atoms with Gasteiger partial charge in [0.1, 0.15) is 31.0 Å². The summed E-state index contributed by atoms with van der Waals surface area (Å²) in [6.45, 7) is 0.643. The van der Waals surface area contributed by atoms with E-state index in [-0.39, 0.29) is 12.6 Å². The maximum Gasteiger partial charge on any atom is 0.283 e. The first-order valence-electron chi connectivity index (χ1n) is 9.38. The number of aliphatic imine (C=N–C) groups is 1. The number of amidine groups is 1. The molecule has 1 atom stereocenters. The molecule has 1 spiro atoms. The van der Waals surface area contributed by atoms with Crippen molar-refractivity contribution in [1.29, 1.82) is 0 Å². The van der Waals surface area contributed by atoms with Crippen LogP contribution in [0.1, 0.15) is 16.7 Å². The SMILES string of the molecule is COCC#Cc1ccc2c(c1)[C@@]1(COC(N)=N1)c1cc(-c3cncnc3)ccc1O2. The first kappa shape index (κ1) is 18.2. The van der Waals surface area contributed by atoms with Gasteiger partial charge in [0.25, 0.3) is 6.02 Å². The van der Waals surface area contributed by atoms with E-state index < -0.39 is 5.54 Å². The molecule has 0 bridgehead atoms. The molecular weight excluding hydrogens is 380 g/mol. The van der Waals surface area contributed by atoms with E-state index in [0.717, 1.165) is 27.8 Å². The number of aromatic nitrogens is 2. The third-order valence-electron chi connectivity index (χ3n) is 5.14. The van der Waals surface area contributed by atoms with E-state index in [1.165, 1.54) is 6.33 Å². The second-order valence-corrected chi connectivity index (χ2v) is 6.98. The number of rotatable bonds is 2. The van der Waals surface area contributed by atoms with Crippen molar-refractivity contribution in [3.8, 4) is 34.5 Å². The zero-order valence-electron chi connectivity index (χ0n) is 16.3. The molecule has 3 aromatic rings. The first-order valence-corrected chi connectivity index (χ1v) is 9.38. The zero-order valence-corrected chi connectivity index (χ0v) is 16.3. The van der Waals surface area contributed by atoms with Crippen LogP contribution >= 0.6 is 0 Å². The molecule has 0 fully saturated rings. The predicted octanol–water partition coefficient (Wildman–Crippen LogP) is 2.84. The molecule has 2 aliphatic heterocycles. The summed E-state index contributed by atoms with van der Waals surface area (Å²) in [6, 6.07) is 11.9. The number of nitrogens with zero attached hydrogens (tertiary/aromatic N) is 3. The highest BCUT2D eigenvalue weighted by atomic mass is 16.5. The van der Waals surface area contributed by atoms with Crippen LogP contribution in [0.3, 0.4) is 0 Å². The fourth-order valence-electron chi connectivity index (χ4n) is 3.77. The maximum atomic E-state index is 6.20.